The van der Waals surface area contributed by atoms with E-state index in [1.54, 1.807) is 14.0 Å². The minimum absolute atomic E-state index is 0.0117. The van der Waals surface area contributed by atoms with Gasteiger partial charge in [0, 0.05) is 36.4 Å². The number of halogens is 5. The molecule has 3 aromatic rings. The van der Waals surface area contributed by atoms with Crippen molar-refractivity contribution in [1.82, 2.24) is 9.47 Å². The van der Waals surface area contributed by atoms with Crippen LogP contribution in [0.15, 0.2) is 46.2 Å². The molecule has 0 aliphatic carbocycles. The first-order chi connectivity index (χ1) is 18.0. The van der Waals surface area contributed by atoms with Crippen LogP contribution in [0.1, 0.15) is 28.3 Å². The zero-order valence-electron chi connectivity index (χ0n) is 21.0. The molecule has 1 atom stereocenters. The largest absolute Gasteiger partial charge is 0.494 e. The third-order valence-electron chi connectivity index (χ3n) is 6.75. The molecule has 38 heavy (non-hydrogen) atoms. The van der Waals surface area contributed by atoms with Crippen molar-refractivity contribution >= 4 is 11.8 Å². The summed E-state index contributed by atoms with van der Waals surface area (Å²) in [6.07, 6.45) is -5.22. The molecule has 1 aliphatic rings. The van der Waals surface area contributed by atoms with Crippen LogP contribution in [-0.2, 0) is 12.6 Å². The minimum atomic E-state index is -4.79. The van der Waals surface area contributed by atoms with Gasteiger partial charge in [0.05, 0.1) is 35.9 Å². The summed E-state index contributed by atoms with van der Waals surface area (Å²) in [4.78, 5) is 15.7. The fraction of sp³-hybridized carbons (Fsp3) is 0.370. The lowest BCUT2D eigenvalue weighted by atomic mass is 9.92. The minimum Gasteiger partial charge on any atom is -0.494 e. The average Bonchev–Trinajstić information content (AvgIpc) is 3.26. The predicted octanol–water partition coefficient (Wildman–Crippen LogP) is 5.29. The molecule has 0 saturated heterocycles. The van der Waals surface area contributed by atoms with Gasteiger partial charge in [-0.05, 0) is 43.3 Å². The number of nitrogens with zero attached hydrogens (tertiary/aromatic N) is 2. The highest BCUT2D eigenvalue weighted by atomic mass is 32.2. The van der Waals surface area contributed by atoms with Crippen LogP contribution in [0.3, 0.4) is 0 Å². The second-order valence-electron chi connectivity index (χ2n) is 9.17. The molecular formula is C27H27F5N2O3S. The van der Waals surface area contributed by atoms with E-state index in [1.165, 1.54) is 41.6 Å². The summed E-state index contributed by atoms with van der Waals surface area (Å²) in [7, 11) is 3.06. The summed E-state index contributed by atoms with van der Waals surface area (Å²) in [5.74, 6) is -1.44. The zero-order valence-corrected chi connectivity index (χ0v) is 21.8. The van der Waals surface area contributed by atoms with E-state index in [0.717, 1.165) is 18.2 Å². The van der Waals surface area contributed by atoms with Crippen LogP contribution in [0.25, 0.3) is 11.1 Å². The number of fused-ring (bicyclic) bond motifs is 1. The Morgan fingerprint density at radius 3 is 2.53 bits per heavy atom. The first-order valence-corrected chi connectivity index (χ1v) is 12.9. The Morgan fingerprint density at radius 2 is 1.87 bits per heavy atom. The topological polar surface area (TPSA) is 54.7 Å². The van der Waals surface area contributed by atoms with Gasteiger partial charge >= 0.3 is 6.18 Å². The van der Waals surface area contributed by atoms with E-state index in [2.05, 4.69) is 0 Å². The van der Waals surface area contributed by atoms with E-state index in [4.69, 9.17) is 4.74 Å². The van der Waals surface area contributed by atoms with Crippen molar-refractivity contribution in [3.63, 3.8) is 0 Å². The molecule has 5 nitrogen and oxygen atoms in total. The summed E-state index contributed by atoms with van der Waals surface area (Å²) in [5, 5.41) is 9.73. The van der Waals surface area contributed by atoms with Gasteiger partial charge in [-0.25, -0.2) is 8.78 Å². The molecule has 11 heteroatoms. The van der Waals surface area contributed by atoms with Crippen molar-refractivity contribution < 1.29 is 31.8 Å². The highest BCUT2D eigenvalue weighted by Crippen LogP contribution is 2.42. The maximum atomic E-state index is 15.4. The van der Waals surface area contributed by atoms with Gasteiger partial charge in [-0.15, -0.1) is 11.8 Å². The lowest BCUT2D eigenvalue weighted by Gasteiger charge is -2.24. The SMILES string of the molecule is COc1cccc(-c2c(C)c(Cc3c(F)cccc3C(F)(F)F)c3n(c2=O)C(CN(C)CCO)CS3)c1F. The van der Waals surface area contributed by atoms with Crippen molar-refractivity contribution in [2.75, 3.05) is 39.6 Å². The van der Waals surface area contributed by atoms with Gasteiger partial charge in [-0.3, -0.25) is 9.36 Å². The van der Waals surface area contributed by atoms with Crippen molar-refractivity contribution in [1.29, 1.82) is 0 Å². The van der Waals surface area contributed by atoms with Crippen LogP contribution >= 0.6 is 11.8 Å². The van der Waals surface area contributed by atoms with Crippen LogP contribution in [-0.4, -0.2) is 54.2 Å². The molecular weight excluding hydrogens is 527 g/mol. The van der Waals surface area contributed by atoms with Gasteiger partial charge in [0.25, 0.3) is 5.56 Å². The molecule has 204 valence electrons. The number of benzene rings is 2. The summed E-state index contributed by atoms with van der Waals surface area (Å²) in [6, 6.07) is 6.74. The fourth-order valence-corrected chi connectivity index (χ4v) is 6.27. The van der Waals surface area contributed by atoms with Gasteiger partial charge in [-0.1, -0.05) is 18.2 Å². The van der Waals surface area contributed by atoms with Gasteiger partial charge in [0.2, 0.25) is 0 Å². The molecule has 0 amide bonds. The maximum absolute atomic E-state index is 15.4. The second kappa shape index (κ2) is 11.1. The molecule has 0 saturated carbocycles. The quantitative estimate of drug-likeness (QED) is 0.384. The van der Waals surface area contributed by atoms with Crippen LogP contribution < -0.4 is 10.3 Å². The fourth-order valence-electron chi connectivity index (χ4n) is 4.89. The maximum Gasteiger partial charge on any atom is 0.416 e. The second-order valence-corrected chi connectivity index (χ2v) is 10.2. The molecule has 0 bridgehead atoms. The van der Waals surface area contributed by atoms with E-state index in [9.17, 15) is 27.5 Å². The molecule has 2 aromatic carbocycles. The van der Waals surface area contributed by atoms with E-state index in [-0.39, 0.29) is 29.0 Å². The molecule has 1 aliphatic heterocycles. The number of alkyl halides is 3. The third kappa shape index (κ3) is 5.19. The molecule has 4 rings (SSSR count). The number of hydrogen-bond donors (Lipinski definition) is 1. The summed E-state index contributed by atoms with van der Waals surface area (Å²) < 4.78 is 78.3. The number of aromatic nitrogens is 1. The summed E-state index contributed by atoms with van der Waals surface area (Å²) in [5.41, 5.74) is -1.59. The van der Waals surface area contributed by atoms with Crippen molar-refractivity contribution in [3.05, 3.63) is 80.6 Å². The number of rotatable bonds is 8. The number of likely N-dealkylation sites (N-methyl/N-ethyl adjacent to an activating group) is 1. The van der Waals surface area contributed by atoms with Crippen molar-refractivity contribution in [3.8, 4) is 16.9 Å². The van der Waals surface area contributed by atoms with Gasteiger partial charge in [0.15, 0.2) is 11.6 Å². The first kappa shape index (κ1) is 28.1. The molecule has 1 aromatic heterocycles. The number of methoxy groups -OCH3 is 1. The number of pyridine rings is 1. The number of thioether (sulfide) groups is 1. The van der Waals surface area contributed by atoms with Crippen molar-refractivity contribution in [2.24, 2.45) is 0 Å². The summed E-state index contributed by atoms with van der Waals surface area (Å²) in [6.45, 7) is 2.18. The lowest BCUT2D eigenvalue weighted by molar-refractivity contribution is -0.138. The van der Waals surface area contributed by atoms with Gasteiger partial charge < -0.3 is 14.7 Å². The molecule has 1 N–H and O–H groups in total. The third-order valence-corrected chi connectivity index (χ3v) is 8.02. The number of aliphatic hydroxyl groups is 1. The van der Waals surface area contributed by atoms with Gasteiger partial charge in [-0.2, -0.15) is 13.2 Å². The molecule has 0 fully saturated rings. The molecule has 1 unspecified atom stereocenters. The highest BCUT2D eigenvalue weighted by Gasteiger charge is 2.37. The predicted molar refractivity (Wildman–Crippen MR) is 136 cm³/mol. The van der Waals surface area contributed by atoms with E-state index < -0.39 is 47.0 Å². The van der Waals surface area contributed by atoms with E-state index in [1.807, 2.05) is 4.90 Å². The molecule has 2 heterocycles. The highest BCUT2D eigenvalue weighted by molar-refractivity contribution is 7.99. The molecule has 0 spiro atoms. The first-order valence-electron chi connectivity index (χ1n) is 11.9. The summed E-state index contributed by atoms with van der Waals surface area (Å²) >= 11 is 1.30. The smallest absolute Gasteiger partial charge is 0.416 e. The van der Waals surface area contributed by atoms with Crippen LogP contribution in [0.2, 0.25) is 0 Å². The average molecular weight is 555 g/mol. The Morgan fingerprint density at radius 1 is 1.16 bits per heavy atom. The molecule has 0 radical (unpaired) electrons. The Hall–Kier alpha value is -2.89. The Kier molecular flexibility index (Phi) is 8.20. The Bertz CT molecular complexity index is 1410. The van der Waals surface area contributed by atoms with Crippen LogP contribution in [0, 0.1) is 18.6 Å². The van der Waals surface area contributed by atoms with Crippen LogP contribution in [0.4, 0.5) is 22.0 Å². The van der Waals surface area contributed by atoms with Gasteiger partial charge in [0.1, 0.15) is 5.82 Å². The Labute approximate surface area is 220 Å². The normalized spacial score (nSPS) is 15.3. The zero-order chi connectivity index (χ0) is 27.8. The number of aliphatic hydroxyl groups excluding tert-OH is 1. The Balaban J connectivity index is 1.99. The monoisotopic (exact) mass is 554 g/mol. The number of ether oxygens (including phenoxy) is 1. The van der Waals surface area contributed by atoms with E-state index in [0.29, 0.717) is 29.4 Å². The van der Waals surface area contributed by atoms with E-state index >= 15 is 4.39 Å². The standard InChI is InChI=1S/C27H27F5N2O3S/c1-15-18(12-19-20(27(30,31)32)7-5-8-21(19)28)26-34(16(14-38-26)13-33(2)10-11-35)25(36)23(15)17-6-4-9-22(37-3)24(17)29/h4-9,16,35H,10-14H2,1-3H3. The number of hydrogen-bond acceptors (Lipinski definition) is 5. The lowest BCUT2D eigenvalue weighted by Crippen LogP contribution is -2.35. The van der Waals surface area contributed by atoms with Crippen molar-refractivity contribution in [2.45, 2.75) is 30.6 Å². The van der Waals surface area contributed by atoms with Crippen LogP contribution in [0.5, 0.6) is 5.75 Å².